The van der Waals surface area contributed by atoms with Crippen LogP contribution in [0.1, 0.15) is 32.6 Å². The lowest BCUT2D eigenvalue weighted by molar-refractivity contribution is 0.192. The maximum Gasteiger partial charge on any atom is 0.191 e. The molecule has 29 heavy (non-hydrogen) atoms. The number of rotatable bonds is 11. The average Bonchev–Trinajstić information content (AvgIpc) is 3.28. The number of likely N-dealkylation sites (N-methyl/N-ethyl adjacent to an activating group) is 1. The first-order valence-corrected chi connectivity index (χ1v) is 10.1. The van der Waals surface area contributed by atoms with Crippen LogP contribution in [0.25, 0.3) is 0 Å². The lowest BCUT2D eigenvalue weighted by Crippen LogP contribution is -2.45. The van der Waals surface area contributed by atoms with Crippen LogP contribution in [0.15, 0.2) is 52.1 Å². The number of hydrogen-bond acceptors (Lipinski definition) is 5. The van der Waals surface area contributed by atoms with E-state index in [2.05, 4.69) is 34.4 Å². The van der Waals surface area contributed by atoms with Crippen LogP contribution in [0.2, 0.25) is 0 Å². The zero-order valence-corrected chi connectivity index (χ0v) is 18.1. The summed E-state index contributed by atoms with van der Waals surface area (Å²) in [4.78, 5) is 6.68. The third kappa shape index (κ3) is 6.71. The van der Waals surface area contributed by atoms with E-state index in [0.29, 0.717) is 13.1 Å². The molecule has 0 aliphatic heterocycles. The van der Waals surface area contributed by atoms with Crippen molar-refractivity contribution in [2.24, 2.45) is 4.99 Å². The second kappa shape index (κ2) is 12.0. The summed E-state index contributed by atoms with van der Waals surface area (Å²) in [5, 5.41) is 6.73. The Morgan fingerprint density at radius 2 is 1.76 bits per heavy atom. The molecule has 0 aliphatic rings. The quantitative estimate of drug-likeness (QED) is 0.444. The molecular formula is C22H34N4O3. The third-order valence-electron chi connectivity index (χ3n) is 4.77. The highest BCUT2D eigenvalue weighted by Gasteiger charge is 2.21. The van der Waals surface area contributed by atoms with Gasteiger partial charge in [0.1, 0.15) is 11.9 Å². The van der Waals surface area contributed by atoms with Crippen molar-refractivity contribution >= 4 is 5.96 Å². The summed E-state index contributed by atoms with van der Waals surface area (Å²) in [6, 6.07) is 11.7. The molecule has 2 atom stereocenters. The minimum absolute atomic E-state index is 0.0616. The largest absolute Gasteiger partial charge is 0.493 e. The summed E-state index contributed by atoms with van der Waals surface area (Å²) >= 11 is 0. The number of guanidine groups is 1. The van der Waals surface area contributed by atoms with Crippen LogP contribution in [0.3, 0.4) is 0 Å². The van der Waals surface area contributed by atoms with Gasteiger partial charge in [0.2, 0.25) is 0 Å². The Bertz CT molecular complexity index is 729. The van der Waals surface area contributed by atoms with Gasteiger partial charge in [0.05, 0.1) is 26.0 Å². The van der Waals surface area contributed by atoms with Gasteiger partial charge in [0, 0.05) is 13.6 Å². The van der Waals surface area contributed by atoms with Gasteiger partial charge in [0.25, 0.3) is 0 Å². The van der Waals surface area contributed by atoms with Crippen LogP contribution < -0.4 is 20.1 Å². The zero-order chi connectivity index (χ0) is 21.1. The minimum atomic E-state index is -0.0616. The van der Waals surface area contributed by atoms with E-state index in [1.54, 1.807) is 20.4 Å². The number of benzene rings is 1. The van der Waals surface area contributed by atoms with Crippen LogP contribution in [0.4, 0.5) is 0 Å². The second-order valence-electron chi connectivity index (χ2n) is 6.67. The molecule has 0 bridgehead atoms. The van der Waals surface area contributed by atoms with Crippen LogP contribution in [-0.2, 0) is 0 Å². The molecule has 0 saturated heterocycles. The van der Waals surface area contributed by atoms with Gasteiger partial charge in [0.15, 0.2) is 17.5 Å². The van der Waals surface area contributed by atoms with Crippen molar-refractivity contribution in [1.82, 2.24) is 15.5 Å². The van der Waals surface area contributed by atoms with Gasteiger partial charge in [-0.2, -0.15) is 0 Å². The molecular weight excluding hydrogens is 368 g/mol. The molecule has 1 heterocycles. The van der Waals surface area contributed by atoms with Gasteiger partial charge < -0.3 is 24.5 Å². The van der Waals surface area contributed by atoms with E-state index >= 15 is 0 Å². The van der Waals surface area contributed by atoms with E-state index in [1.165, 1.54) is 0 Å². The predicted octanol–water partition coefficient (Wildman–Crippen LogP) is 3.30. The standard InChI is InChI=1S/C22H34N4O3/c1-6-26(7-2)18(19-13-10-14-28-19)16-25-22(23-4)24-15-17(3)29-21-12-9-8-11-20(21)27-5/h8-14,17-18H,6-7,15-16H2,1-5H3,(H2,23,24,25). The summed E-state index contributed by atoms with van der Waals surface area (Å²) < 4.78 is 17.0. The van der Waals surface area contributed by atoms with Crippen molar-refractivity contribution in [3.63, 3.8) is 0 Å². The van der Waals surface area contributed by atoms with Crippen molar-refractivity contribution in [2.75, 3.05) is 40.3 Å². The molecule has 1 aromatic carbocycles. The fraction of sp³-hybridized carbons (Fsp3) is 0.500. The topological polar surface area (TPSA) is 71.3 Å². The van der Waals surface area contributed by atoms with Crippen LogP contribution in [0, 0.1) is 0 Å². The smallest absolute Gasteiger partial charge is 0.191 e. The maximum atomic E-state index is 6.00. The highest BCUT2D eigenvalue weighted by molar-refractivity contribution is 5.79. The summed E-state index contributed by atoms with van der Waals surface area (Å²) in [6.07, 6.45) is 1.66. The van der Waals surface area contributed by atoms with Gasteiger partial charge >= 0.3 is 0 Å². The van der Waals surface area contributed by atoms with E-state index in [0.717, 1.165) is 36.3 Å². The van der Waals surface area contributed by atoms with E-state index in [4.69, 9.17) is 13.9 Å². The molecule has 7 nitrogen and oxygen atoms in total. The number of furan rings is 1. The first-order valence-electron chi connectivity index (χ1n) is 10.1. The van der Waals surface area contributed by atoms with Gasteiger partial charge in [-0.05, 0) is 44.3 Å². The van der Waals surface area contributed by atoms with Crippen molar-refractivity contribution in [3.8, 4) is 11.5 Å². The molecule has 160 valence electrons. The highest BCUT2D eigenvalue weighted by atomic mass is 16.5. The number of aliphatic imine (C=N–C) groups is 1. The molecule has 2 unspecified atom stereocenters. The van der Waals surface area contributed by atoms with Crippen LogP contribution in [-0.4, -0.2) is 57.3 Å². The molecule has 2 N–H and O–H groups in total. The highest BCUT2D eigenvalue weighted by Crippen LogP contribution is 2.26. The molecule has 0 amide bonds. The van der Waals surface area contributed by atoms with Crippen LogP contribution >= 0.6 is 0 Å². The third-order valence-corrected chi connectivity index (χ3v) is 4.77. The molecule has 2 rings (SSSR count). The molecule has 0 spiro atoms. The number of ether oxygens (including phenoxy) is 2. The van der Waals surface area contributed by atoms with E-state index in [-0.39, 0.29) is 12.1 Å². The normalized spacial score (nSPS) is 13.8. The van der Waals surface area contributed by atoms with E-state index < -0.39 is 0 Å². The first kappa shape index (κ1) is 22.6. The fourth-order valence-corrected chi connectivity index (χ4v) is 3.18. The predicted molar refractivity (Wildman–Crippen MR) is 117 cm³/mol. The summed E-state index contributed by atoms with van der Waals surface area (Å²) in [7, 11) is 3.41. The Morgan fingerprint density at radius 1 is 1.07 bits per heavy atom. The van der Waals surface area contributed by atoms with Gasteiger partial charge in [-0.15, -0.1) is 0 Å². The molecule has 7 heteroatoms. The van der Waals surface area contributed by atoms with E-state index in [1.807, 2.05) is 43.3 Å². The molecule has 2 aromatic rings. The van der Waals surface area contributed by atoms with Crippen LogP contribution in [0.5, 0.6) is 11.5 Å². The molecule has 0 saturated carbocycles. The number of hydrogen-bond donors (Lipinski definition) is 2. The Labute approximate surface area is 174 Å². The number of methoxy groups -OCH3 is 1. The molecule has 0 fully saturated rings. The van der Waals surface area contributed by atoms with Crippen molar-refractivity contribution in [3.05, 3.63) is 48.4 Å². The maximum absolute atomic E-state index is 6.00. The van der Waals surface area contributed by atoms with Gasteiger partial charge in [-0.3, -0.25) is 9.89 Å². The second-order valence-corrected chi connectivity index (χ2v) is 6.67. The number of nitrogens with zero attached hydrogens (tertiary/aromatic N) is 2. The Hall–Kier alpha value is -2.67. The van der Waals surface area contributed by atoms with Crippen molar-refractivity contribution in [2.45, 2.75) is 32.9 Å². The molecule has 0 aliphatic carbocycles. The monoisotopic (exact) mass is 402 g/mol. The zero-order valence-electron chi connectivity index (χ0n) is 18.1. The Balaban J connectivity index is 1.89. The van der Waals surface area contributed by atoms with Crippen molar-refractivity contribution < 1.29 is 13.9 Å². The molecule has 0 radical (unpaired) electrons. The number of para-hydroxylation sites is 2. The Morgan fingerprint density at radius 3 is 2.34 bits per heavy atom. The summed E-state index contributed by atoms with van der Waals surface area (Å²) in [5.41, 5.74) is 0. The lowest BCUT2D eigenvalue weighted by Gasteiger charge is -2.29. The lowest BCUT2D eigenvalue weighted by atomic mass is 10.2. The summed E-state index contributed by atoms with van der Waals surface area (Å²) in [5.74, 6) is 3.13. The van der Waals surface area contributed by atoms with Gasteiger partial charge in [-0.25, -0.2) is 0 Å². The summed E-state index contributed by atoms with van der Waals surface area (Å²) in [6.45, 7) is 9.50. The Kier molecular flexibility index (Phi) is 9.37. The first-order chi connectivity index (χ1) is 14.1. The van der Waals surface area contributed by atoms with Gasteiger partial charge in [-0.1, -0.05) is 26.0 Å². The molecule has 1 aromatic heterocycles. The fourth-order valence-electron chi connectivity index (χ4n) is 3.18. The number of nitrogens with one attached hydrogen (secondary N) is 2. The van der Waals surface area contributed by atoms with E-state index in [9.17, 15) is 0 Å². The SMILES string of the molecule is CCN(CC)C(CNC(=NC)NCC(C)Oc1ccccc1OC)c1ccco1. The minimum Gasteiger partial charge on any atom is -0.493 e. The van der Waals surface area contributed by atoms with Crippen molar-refractivity contribution in [1.29, 1.82) is 0 Å². The average molecular weight is 403 g/mol.